The van der Waals surface area contributed by atoms with E-state index >= 15 is 0 Å². The third kappa shape index (κ3) is 5.04. The molecule has 0 spiro atoms. The van der Waals surface area contributed by atoms with E-state index in [0.29, 0.717) is 6.04 Å². The van der Waals surface area contributed by atoms with Crippen molar-refractivity contribution >= 4 is 11.8 Å². The number of thioether (sulfide) groups is 1. The van der Waals surface area contributed by atoms with Crippen molar-refractivity contribution in [3.8, 4) is 0 Å². The Hall–Kier alpha value is -0.470. The Balaban J connectivity index is 2.49. The molecule has 1 unspecified atom stereocenters. The van der Waals surface area contributed by atoms with Crippen molar-refractivity contribution in [2.45, 2.75) is 32.2 Å². The molecule has 1 atom stereocenters. The molecule has 0 saturated carbocycles. The average molecular weight is 237 g/mol. The summed E-state index contributed by atoms with van der Waals surface area (Å²) >= 11 is 1.93. The second-order valence-electron chi connectivity index (χ2n) is 4.05. The van der Waals surface area contributed by atoms with Crippen LogP contribution in [0.1, 0.15) is 37.8 Å². The topological polar surface area (TPSA) is 12.0 Å². The lowest BCUT2D eigenvalue weighted by Crippen LogP contribution is -2.22. The summed E-state index contributed by atoms with van der Waals surface area (Å²) in [5.41, 5.74) is 1.43. The van der Waals surface area contributed by atoms with Gasteiger partial charge in [0.1, 0.15) is 0 Å². The Morgan fingerprint density at radius 2 is 2.00 bits per heavy atom. The maximum absolute atomic E-state index is 3.64. The zero-order valence-corrected chi connectivity index (χ0v) is 11.2. The molecular formula is C14H23NS. The van der Waals surface area contributed by atoms with Crippen LogP contribution < -0.4 is 5.32 Å². The number of rotatable bonds is 8. The predicted molar refractivity (Wildman–Crippen MR) is 75.1 cm³/mol. The molecule has 0 radical (unpaired) electrons. The highest BCUT2D eigenvalue weighted by molar-refractivity contribution is 7.98. The van der Waals surface area contributed by atoms with E-state index in [2.05, 4.69) is 48.8 Å². The van der Waals surface area contributed by atoms with Gasteiger partial charge in [-0.3, -0.25) is 0 Å². The zero-order valence-electron chi connectivity index (χ0n) is 10.4. The summed E-state index contributed by atoms with van der Waals surface area (Å²) in [5, 5.41) is 3.64. The summed E-state index contributed by atoms with van der Waals surface area (Å²) in [5.74, 6) is 1.26. The van der Waals surface area contributed by atoms with Gasteiger partial charge in [-0.15, -0.1) is 0 Å². The summed E-state index contributed by atoms with van der Waals surface area (Å²) in [6.07, 6.45) is 5.91. The molecule has 0 fully saturated rings. The quantitative estimate of drug-likeness (QED) is 0.689. The van der Waals surface area contributed by atoms with Crippen LogP contribution in [0.5, 0.6) is 0 Å². The molecule has 1 aromatic carbocycles. The molecule has 1 rings (SSSR count). The smallest absolute Gasteiger partial charge is 0.0320 e. The Bertz CT molecular complexity index is 261. The summed E-state index contributed by atoms with van der Waals surface area (Å²) in [4.78, 5) is 0. The molecule has 0 aromatic heterocycles. The zero-order chi connectivity index (χ0) is 11.6. The Morgan fingerprint density at radius 1 is 1.25 bits per heavy atom. The molecule has 0 aliphatic heterocycles. The Labute approximate surface area is 104 Å². The minimum absolute atomic E-state index is 0.535. The third-order valence-electron chi connectivity index (χ3n) is 2.68. The number of benzene rings is 1. The van der Waals surface area contributed by atoms with Crippen LogP contribution in [0.15, 0.2) is 30.3 Å². The van der Waals surface area contributed by atoms with Crippen LogP contribution in [0, 0.1) is 0 Å². The maximum Gasteiger partial charge on any atom is 0.0320 e. The van der Waals surface area contributed by atoms with Crippen molar-refractivity contribution < 1.29 is 0 Å². The lowest BCUT2D eigenvalue weighted by Gasteiger charge is -2.18. The predicted octanol–water partition coefficient (Wildman–Crippen LogP) is 3.87. The summed E-state index contributed by atoms with van der Waals surface area (Å²) in [6.45, 7) is 3.33. The van der Waals surface area contributed by atoms with Gasteiger partial charge in [-0.05, 0) is 43.4 Å². The van der Waals surface area contributed by atoms with Crippen molar-refractivity contribution in [2.75, 3.05) is 18.6 Å². The molecule has 0 saturated heterocycles. The van der Waals surface area contributed by atoms with Crippen LogP contribution in [-0.4, -0.2) is 18.6 Å². The molecule has 1 nitrogen and oxygen atoms in total. The highest BCUT2D eigenvalue weighted by Gasteiger charge is 2.08. The first-order chi connectivity index (χ1) is 7.88. The molecule has 90 valence electrons. The monoisotopic (exact) mass is 237 g/mol. The van der Waals surface area contributed by atoms with Crippen molar-refractivity contribution in [3.63, 3.8) is 0 Å². The molecule has 1 aromatic rings. The van der Waals surface area contributed by atoms with E-state index in [0.717, 1.165) is 6.54 Å². The number of nitrogens with one attached hydrogen (secondary N) is 1. The van der Waals surface area contributed by atoms with Gasteiger partial charge in [0.15, 0.2) is 0 Å². The summed E-state index contributed by atoms with van der Waals surface area (Å²) in [6, 6.07) is 11.3. The fourth-order valence-electron chi connectivity index (χ4n) is 1.82. The van der Waals surface area contributed by atoms with E-state index in [4.69, 9.17) is 0 Å². The van der Waals surface area contributed by atoms with Gasteiger partial charge in [0.2, 0.25) is 0 Å². The molecule has 0 bridgehead atoms. The molecule has 0 aliphatic carbocycles. The van der Waals surface area contributed by atoms with E-state index in [-0.39, 0.29) is 0 Å². The lowest BCUT2D eigenvalue weighted by molar-refractivity contribution is 0.495. The summed E-state index contributed by atoms with van der Waals surface area (Å²) < 4.78 is 0. The fourth-order valence-corrected chi connectivity index (χ4v) is 2.28. The van der Waals surface area contributed by atoms with Gasteiger partial charge in [0.05, 0.1) is 0 Å². The minimum atomic E-state index is 0.535. The maximum atomic E-state index is 3.64. The lowest BCUT2D eigenvalue weighted by atomic mass is 10.0. The minimum Gasteiger partial charge on any atom is -0.310 e. The molecule has 2 heteroatoms. The van der Waals surface area contributed by atoms with Gasteiger partial charge < -0.3 is 5.32 Å². The van der Waals surface area contributed by atoms with Gasteiger partial charge in [-0.1, -0.05) is 37.3 Å². The highest BCUT2D eigenvalue weighted by Crippen LogP contribution is 2.19. The summed E-state index contributed by atoms with van der Waals surface area (Å²) in [7, 11) is 0. The normalized spacial score (nSPS) is 12.6. The van der Waals surface area contributed by atoms with Crippen LogP contribution in [-0.2, 0) is 0 Å². The molecule has 1 N–H and O–H groups in total. The molecule has 0 aliphatic rings. The average Bonchev–Trinajstić information content (AvgIpc) is 2.35. The van der Waals surface area contributed by atoms with Crippen LogP contribution in [0.4, 0.5) is 0 Å². The van der Waals surface area contributed by atoms with Crippen molar-refractivity contribution in [2.24, 2.45) is 0 Å². The fraction of sp³-hybridized carbons (Fsp3) is 0.571. The Morgan fingerprint density at radius 3 is 2.62 bits per heavy atom. The first-order valence-corrected chi connectivity index (χ1v) is 7.55. The van der Waals surface area contributed by atoms with E-state index in [1.54, 1.807) is 0 Å². The van der Waals surface area contributed by atoms with Gasteiger partial charge >= 0.3 is 0 Å². The van der Waals surface area contributed by atoms with Crippen LogP contribution in [0.25, 0.3) is 0 Å². The van der Waals surface area contributed by atoms with E-state index in [9.17, 15) is 0 Å². The van der Waals surface area contributed by atoms with Crippen molar-refractivity contribution in [3.05, 3.63) is 35.9 Å². The van der Waals surface area contributed by atoms with E-state index in [1.807, 2.05) is 11.8 Å². The van der Waals surface area contributed by atoms with Gasteiger partial charge in [-0.25, -0.2) is 0 Å². The van der Waals surface area contributed by atoms with Gasteiger partial charge in [0.25, 0.3) is 0 Å². The third-order valence-corrected chi connectivity index (χ3v) is 3.38. The largest absolute Gasteiger partial charge is 0.310 e. The SMILES string of the molecule is CCCNC(CCCSC)c1ccccc1. The first kappa shape index (κ1) is 13.6. The van der Waals surface area contributed by atoms with Crippen molar-refractivity contribution in [1.82, 2.24) is 5.32 Å². The second kappa shape index (κ2) is 8.66. The number of hydrogen-bond acceptors (Lipinski definition) is 2. The van der Waals surface area contributed by atoms with Gasteiger partial charge in [-0.2, -0.15) is 11.8 Å². The molecule has 0 amide bonds. The second-order valence-corrected chi connectivity index (χ2v) is 5.04. The van der Waals surface area contributed by atoms with E-state index < -0.39 is 0 Å². The number of hydrogen-bond donors (Lipinski definition) is 1. The van der Waals surface area contributed by atoms with Crippen LogP contribution in [0.3, 0.4) is 0 Å². The molecule has 16 heavy (non-hydrogen) atoms. The Kier molecular flexibility index (Phi) is 7.35. The first-order valence-electron chi connectivity index (χ1n) is 6.15. The van der Waals surface area contributed by atoms with Crippen LogP contribution in [0.2, 0.25) is 0 Å². The van der Waals surface area contributed by atoms with E-state index in [1.165, 1.54) is 30.6 Å². The standard InChI is InChI=1S/C14H23NS/c1-3-11-15-14(10-7-12-16-2)13-8-5-4-6-9-13/h4-6,8-9,14-15H,3,7,10-12H2,1-2H3. The molecule has 0 heterocycles. The highest BCUT2D eigenvalue weighted by atomic mass is 32.2. The van der Waals surface area contributed by atoms with Crippen molar-refractivity contribution in [1.29, 1.82) is 0 Å². The molecular weight excluding hydrogens is 214 g/mol. The van der Waals surface area contributed by atoms with Crippen LogP contribution >= 0.6 is 11.8 Å². The van der Waals surface area contributed by atoms with Gasteiger partial charge in [0, 0.05) is 6.04 Å².